The molecule has 6 aromatic rings. The van der Waals surface area contributed by atoms with Gasteiger partial charge in [-0.15, -0.1) is 12.4 Å². The number of ketones is 2. The van der Waals surface area contributed by atoms with Crippen LogP contribution in [0, 0.1) is 36.9 Å². The number of carbonyl (C=O) groups is 3. The molecule has 3 aliphatic carbocycles. The number of rotatable bonds is 14. The fourth-order valence-corrected chi connectivity index (χ4v) is 12.5. The molecule has 82 heavy (non-hydrogen) atoms. The maximum absolute atomic E-state index is 13.5. The topological polar surface area (TPSA) is 307 Å². The van der Waals surface area contributed by atoms with E-state index in [4.69, 9.17) is 10.1 Å². The van der Waals surface area contributed by atoms with Crippen molar-refractivity contribution in [2.75, 3.05) is 65.9 Å². The molecule has 3 heterocycles. The summed E-state index contributed by atoms with van der Waals surface area (Å²) in [7, 11) is -5.00. The second-order valence-corrected chi connectivity index (χ2v) is 27.0. The average Bonchev–Trinajstić information content (AvgIpc) is 3.61. The first-order valence-electron chi connectivity index (χ1n) is 25.3. The maximum Gasteiger partial charge on any atom is 1.00 e. The van der Waals surface area contributed by atoms with E-state index in [0.29, 0.717) is 82.6 Å². The van der Waals surface area contributed by atoms with Gasteiger partial charge in [0.15, 0.2) is 0 Å². The molecular formula is C54H63ClFK2N11O11P2. The number of benzene rings is 4. The number of nitro groups is 2. The minimum atomic E-state index is -2.50. The number of Topliss-reactive ketones (excluding diaryl/α,β-unsaturated/α-hetero) is 2. The third-order valence-electron chi connectivity index (χ3n) is 14.0. The minimum absolute atomic E-state index is 0. The summed E-state index contributed by atoms with van der Waals surface area (Å²) in [6, 6.07) is 26.4. The van der Waals surface area contributed by atoms with Crippen LogP contribution < -0.4 is 145 Å². The number of hydrogen-bond acceptors (Lipinski definition) is 20. The molecule has 0 bridgehead atoms. The van der Waals surface area contributed by atoms with E-state index in [1.54, 1.807) is 69.3 Å². The van der Waals surface area contributed by atoms with E-state index in [1.807, 2.05) is 41.3 Å². The van der Waals surface area contributed by atoms with E-state index in [2.05, 4.69) is 46.1 Å². The van der Waals surface area contributed by atoms with Gasteiger partial charge in [0.05, 0.1) is 21.2 Å². The van der Waals surface area contributed by atoms with Crippen LogP contribution in [0.15, 0.2) is 109 Å². The Morgan fingerprint density at radius 2 is 1.05 bits per heavy atom. The molecule has 426 valence electrons. The standard InChI is InChI=1S/C26H29N6O4P.C18H17FN5O3P.C9H14O.CH2O3.ClH.2K.H/c1-37(2,36)23-6-4-3-5-20(23)29-24-9-12-27-25(30-24)28-18-7-8-21(22(15-18)32(34)35)31-13-10-26(11-14-31)16-19(33)17-26;1-28(2,27)16-6-4-3-5-14(16)22-17-9-10-20-18(23-17)21-12-7-8-13(19)15(11-12)24(25)26;10-8-6-9(7-8)4-2-1-3-5-9;2-1-4-3;;;;/h3-9,12,15H,10-11,13-14,16-17H2,1-2H3,(H2,27,28,29,30);3-11H,1-2H3,(H2,20,21,22,23);1-7H2;1,3H;1H;;;/q;;;;;2*+1;-1/p-1. The van der Waals surface area contributed by atoms with Gasteiger partial charge in [0.1, 0.15) is 43.2 Å². The van der Waals surface area contributed by atoms with E-state index >= 15 is 0 Å². The van der Waals surface area contributed by atoms with Crippen molar-refractivity contribution in [2.24, 2.45) is 10.8 Å². The van der Waals surface area contributed by atoms with Crippen molar-refractivity contribution < 1.29 is 152 Å². The van der Waals surface area contributed by atoms with Gasteiger partial charge in [-0.2, -0.15) is 14.4 Å². The average molecular weight is 1240 g/mol. The van der Waals surface area contributed by atoms with Crippen molar-refractivity contribution in [3.8, 4) is 0 Å². The summed E-state index contributed by atoms with van der Waals surface area (Å²) in [6.45, 7) is 8.01. The first-order valence-corrected chi connectivity index (χ1v) is 30.5. The predicted molar refractivity (Wildman–Crippen MR) is 308 cm³/mol. The number of aromatic nitrogens is 4. The summed E-state index contributed by atoms with van der Waals surface area (Å²) >= 11 is 0. The molecule has 2 aromatic heterocycles. The first kappa shape index (κ1) is 70.1. The van der Waals surface area contributed by atoms with Crippen LogP contribution in [0.4, 0.5) is 67.7 Å². The number of para-hydroxylation sites is 2. The zero-order chi connectivity index (χ0) is 57.0. The zero-order valence-corrected chi connectivity index (χ0v) is 55.3. The maximum atomic E-state index is 13.5. The van der Waals surface area contributed by atoms with Gasteiger partial charge in [0, 0.05) is 85.3 Å². The van der Waals surface area contributed by atoms with Gasteiger partial charge in [-0.05, 0) is 124 Å². The Labute approximate surface area is 566 Å². The van der Waals surface area contributed by atoms with Gasteiger partial charge in [0.25, 0.3) is 12.2 Å². The van der Waals surface area contributed by atoms with E-state index < -0.39 is 30.7 Å². The third-order valence-corrected chi connectivity index (χ3v) is 17.1. The number of halogens is 2. The van der Waals surface area contributed by atoms with Crippen molar-refractivity contribution in [1.29, 1.82) is 0 Å². The molecule has 4 aliphatic rings. The van der Waals surface area contributed by atoms with Gasteiger partial charge in [0.2, 0.25) is 17.7 Å². The molecule has 0 atom stereocenters. The molecular weight excluding hydrogens is 1170 g/mol. The molecule has 28 heteroatoms. The summed E-state index contributed by atoms with van der Waals surface area (Å²) in [6.07, 6.45) is 14.7. The molecule has 0 amide bonds. The summed E-state index contributed by atoms with van der Waals surface area (Å²) < 4.78 is 38.6. The quantitative estimate of drug-likeness (QED) is 0.0289. The normalized spacial score (nSPS) is 15.3. The van der Waals surface area contributed by atoms with Crippen LogP contribution in [-0.2, 0) is 28.4 Å². The third kappa shape index (κ3) is 19.6. The fraction of sp³-hybridized carbons (Fsp3) is 0.352. The number of nitro benzene ring substituents is 2. The van der Waals surface area contributed by atoms with Crippen LogP contribution in [-0.4, -0.2) is 87.6 Å². The molecule has 1 saturated heterocycles. The molecule has 0 unspecified atom stereocenters. The van der Waals surface area contributed by atoms with Crippen LogP contribution in [0.3, 0.4) is 0 Å². The summed E-state index contributed by atoms with van der Waals surface area (Å²) in [5.74, 6) is 1.27. The van der Waals surface area contributed by atoms with Crippen molar-refractivity contribution in [3.05, 3.63) is 136 Å². The molecule has 1 aliphatic heterocycles. The smallest absolute Gasteiger partial charge is 1.00 e. The van der Waals surface area contributed by atoms with E-state index in [9.17, 15) is 43.3 Å². The van der Waals surface area contributed by atoms with Crippen LogP contribution in [0.5, 0.6) is 0 Å². The Bertz CT molecular complexity index is 3320. The van der Waals surface area contributed by atoms with Crippen molar-refractivity contribution in [2.45, 2.75) is 70.6 Å². The van der Waals surface area contributed by atoms with Gasteiger partial charge in [-0.25, -0.2) is 9.97 Å². The number of anilines is 9. The predicted octanol–water partition coefficient (Wildman–Crippen LogP) is 4.61. The van der Waals surface area contributed by atoms with Crippen LogP contribution >= 0.6 is 26.7 Å². The minimum Gasteiger partial charge on any atom is -1.00 e. The van der Waals surface area contributed by atoms with Crippen molar-refractivity contribution >= 4 is 119 Å². The van der Waals surface area contributed by atoms with Crippen LogP contribution in [0.2, 0.25) is 0 Å². The molecule has 10 rings (SSSR count). The summed E-state index contributed by atoms with van der Waals surface area (Å²) in [5.41, 5.74) is 2.71. The van der Waals surface area contributed by atoms with Crippen LogP contribution in [0.25, 0.3) is 0 Å². The van der Waals surface area contributed by atoms with E-state index in [0.717, 1.165) is 43.1 Å². The monoisotopic (exact) mass is 1240 g/mol. The number of piperidine rings is 1. The Morgan fingerprint density at radius 3 is 1.46 bits per heavy atom. The molecule has 22 nitrogen and oxygen atoms in total. The molecule has 4 fully saturated rings. The molecule has 4 N–H and O–H groups in total. The van der Waals surface area contributed by atoms with E-state index in [-0.39, 0.29) is 157 Å². The summed E-state index contributed by atoms with van der Waals surface area (Å²) in [5, 5.41) is 44.8. The Kier molecular flexibility index (Phi) is 27.0. The van der Waals surface area contributed by atoms with E-state index in [1.165, 1.54) is 50.4 Å². The summed E-state index contributed by atoms with van der Waals surface area (Å²) in [4.78, 5) is 74.2. The molecule has 0 radical (unpaired) electrons. The van der Waals surface area contributed by atoms with Crippen molar-refractivity contribution in [1.82, 2.24) is 19.9 Å². The molecule has 4 aromatic carbocycles. The van der Waals surface area contributed by atoms with Gasteiger partial charge >= 0.3 is 108 Å². The fourth-order valence-electron chi connectivity index (χ4n) is 10.2. The second kappa shape index (κ2) is 31.6. The first-order chi connectivity index (χ1) is 37.6. The van der Waals surface area contributed by atoms with Gasteiger partial charge < -0.3 is 46.9 Å². The largest absolute Gasteiger partial charge is 1.00 e. The zero-order valence-electron chi connectivity index (χ0n) is 47.5. The number of carbonyl (C=O) groups excluding carboxylic acids is 3. The van der Waals surface area contributed by atoms with Crippen LogP contribution in [0.1, 0.15) is 72.1 Å². The Morgan fingerprint density at radius 1 is 0.634 bits per heavy atom. The number of hydrogen-bond donors (Lipinski definition) is 4. The van der Waals surface area contributed by atoms with Gasteiger partial charge in [-0.1, -0.05) is 43.5 Å². The van der Waals surface area contributed by atoms with Crippen molar-refractivity contribution in [3.63, 3.8) is 0 Å². The SMILES string of the molecule is CP(C)(=O)c1ccccc1Nc1ccnc(Nc2ccc(F)c([N+](=O)[O-])c2)n1.CP(C)(=O)c1ccccc1Nc1ccnc(Nc2ccc(N3CCC4(CC3)CC(=O)C4)c([N+](=O)[O-])c2)n1.Cl.O=C1CC2(CCCCC2)C1.O=CO[O-].[H-].[K+].[K+]. The molecule has 2 spiro atoms. The second-order valence-electron chi connectivity index (χ2n) is 20.7. The van der Waals surface area contributed by atoms with Gasteiger partial charge in [-0.3, -0.25) is 34.6 Å². The molecule has 3 saturated carbocycles. The Balaban J connectivity index is 0.000000345. The Hall–Kier alpha value is -4.44. The number of nitrogens with zero attached hydrogens (tertiary/aromatic N) is 7. The number of nitrogens with one attached hydrogen (secondary N) is 4.